The second kappa shape index (κ2) is 6.77. The van der Waals surface area contributed by atoms with E-state index < -0.39 is 6.10 Å². The summed E-state index contributed by atoms with van der Waals surface area (Å²) >= 11 is 7.51. The summed E-state index contributed by atoms with van der Waals surface area (Å²) in [6.45, 7) is 4.28. The molecule has 0 bridgehead atoms. The molecule has 2 aromatic rings. The van der Waals surface area contributed by atoms with Crippen LogP contribution in [0.2, 0.25) is 5.02 Å². The highest BCUT2D eigenvalue weighted by molar-refractivity contribution is 7.10. The maximum Gasteiger partial charge on any atom is 0.261 e. The highest BCUT2D eigenvalue weighted by atomic mass is 35.5. The molecule has 1 heterocycles. The molecule has 0 fully saturated rings. The van der Waals surface area contributed by atoms with Gasteiger partial charge in [0.1, 0.15) is 5.75 Å². The summed E-state index contributed by atoms with van der Waals surface area (Å²) in [5.74, 6) is 0.449. The molecule has 5 heteroatoms. The number of ether oxygens (including phenoxy) is 1. The minimum absolute atomic E-state index is 0.141. The zero-order valence-electron chi connectivity index (χ0n) is 11.4. The standard InChI is InChI=1S/C15H16ClNO2S/c1-10-6-7-20-14(10)9-17-15(18)11(2)19-13-5-3-4-12(16)8-13/h3-8,11H,9H2,1-2H3,(H,17,18). The summed E-state index contributed by atoms with van der Waals surface area (Å²) in [7, 11) is 0. The number of benzene rings is 1. The quantitative estimate of drug-likeness (QED) is 0.912. The van der Waals surface area contributed by atoms with E-state index in [1.165, 1.54) is 5.56 Å². The van der Waals surface area contributed by atoms with Gasteiger partial charge >= 0.3 is 0 Å². The highest BCUT2D eigenvalue weighted by Crippen LogP contribution is 2.18. The van der Waals surface area contributed by atoms with E-state index in [9.17, 15) is 4.79 Å². The van der Waals surface area contributed by atoms with Crippen LogP contribution >= 0.6 is 22.9 Å². The molecule has 0 radical (unpaired) electrons. The van der Waals surface area contributed by atoms with Crippen molar-refractivity contribution in [1.29, 1.82) is 0 Å². The second-order valence-corrected chi connectivity index (χ2v) is 5.90. The van der Waals surface area contributed by atoms with Gasteiger partial charge in [0.05, 0.1) is 6.54 Å². The lowest BCUT2D eigenvalue weighted by atomic mass is 10.3. The zero-order valence-corrected chi connectivity index (χ0v) is 12.9. The number of halogens is 1. The third-order valence-corrected chi connectivity index (χ3v) is 4.13. The van der Waals surface area contributed by atoms with Crippen molar-refractivity contribution in [3.63, 3.8) is 0 Å². The van der Waals surface area contributed by atoms with Crippen LogP contribution in [-0.4, -0.2) is 12.0 Å². The van der Waals surface area contributed by atoms with Gasteiger partial charge in [0.2, 0.25) is 0 Å². The van der Waals surface area contributed by atoms with Gasteiger partial charge < -0.3 is 10.1 Å². The molecule has 0 spiro atoms. The smallest absolute Gasteiger partial charge is 0.261 e. The largest absolute Gasteiger partial charge is 0.481 e. The van der Waals surface area contributed by atoms with Crippen LogP contribution in [0, 0.1) is 6.92 Å². The van der Waals surface area contributed by atoms with Gasteiger partial charge in [0, 0.05) is 9.90 Å². The van der Waals surface area contributed by atoms with Crippen LogP contribution in [0.3, 0.4) is 0 Å². The molecule has 1 aromatic heterocycles. The summed E-state index contributed by atoms with van der Waals surface area (Å²) in [6, 6.07) is 9.06. The summed E-state index contributed by atoms with van der Waals surface area (Å²) in [5.41, 5.74) is 1.19. The van der Waals surface area contributed by atoms with Crippen molar-refractivity contribution in [1.82, 2.24) is 5.32 Å². The highest BCUT2D eigenvalue weighted by Gasteiger charge is 2.15. The average molecular weight is 310 g/mol. The Morgan fingerprint density at radius 2 is 2.25 bits per heavy atom. The molecule has 2 rings (SSSR count). The van der Waals surface area contributed by atoms with E-state index in [0.717, 1.165) is 4.88 Å². The Labute approximate surface area is 127 Å². The van der Waals surface area contributed by atoms with Crippen LogP contribution in [0.1, 0.15) is 17.4 Å². The number of aryl methyl sites for hydroxylation is 1. The number of carbonyl (C=O) groups is 1. The van der Waals surface area contributed by atoms with E-state index in [1.54, 1.807) is 42.5 Å². The van der Waals surface area contributed by atoms with E-state index in [-0.39, 0.29) is 5.91 Å². The Balaban J connectivity index is 1.87. The van der Waals surface area contributed by atoms with Gasteiger partial charge in [-0.05, 0) is 49.1 Å². The second-order valence-electron chi connectivity index (χ2n) is 4.46. The topological polar surface area (TPSA) is 38.3 Å². The monoisotopic (exact) mass is 309 g/mol. The Morgan fingerprint density at radius 1 is 1.45 bits per heavy atom. The maximum absolute atomic E-state index is 12.0. The average Bonchev–Trinajstić information content (AvgIpc) is 2.81. The SMILES string of the molecule is Cc1ccsc1CNC(=O)C(C)Oc1cccc(Cl)c1. The zero-order chi connectivity index (χ0) is 14.5. The van der Waals surface area contributed by atoms with Crippen LogP contribution in [-0.2, 0) is 11.3 Å². The van der Waals surface area contributed by atoms with Gasteiger partial charge in [0.25, 0.3) is 5.91 Å². The number of nitrogens with one attached hydrogen (secondary N) is 1. The first-order chi connectivity index (χ1) is 9.56. The van der Waals surface area contributed by atoms with E-state index >= 15 is 0 Å². The third kappa shape index (κ3) is 3.99. The molecule has 3 nitrogen and oxygen atoms in total. The van der Waals surface area contributed by atoms with E-state index in [4.69, 9.17) is 16.3 Å². The molecular formula is C15H16ClNO2S. The molecule has 1 aromatic carbocycles. The Hall–Kier alpha value is -1.52. The van der Waals surface area contributed by atoms with E-state index in [1.807, 2.05) is 18.4 Å². The summed E-state index contributed by atoms with van der Waals surface area (Å²) in [5, 5.41) is 5.48. The molecule has 0 saturated carbocycles. The number of thiophene rings is 1. The molecule has 0 aliphatic heterocycles. The van der Waals surface area contributed by atoms with Crippen molar-refractivity contribution in [2.75, 3.05) is 0 Å². The molecule has 1 unspecified atom stereocenters. The number of hydrogen-bond donors (Lipinski definition) is 1. The molecule has 1 N–H and O–H groups in total. The first kappa shape index (κ1) is 14.9. The van der Waals surface area contributed by atoms with Crippen molar-refractivity contribution in [3.05, 3.63) is 51.2 Å². The Bertz CT molecular complexity index is 597. The van der Waals surface area contributed by atoms with Gasteiger partial charge in [-0.3, -0.25) is 4.79 Å². The summed E-state index contributed by atoms with van der Waals surface area (Å²) in [4.78, 5) is 13.1. The van der Waals surface area contributed by atoms with Crippen LogP contribution in [0.25, 0.3) is 0 Å². The molecule has 1 amide bonds. The molecule has 0 aliphatic carbocycles. The van der Waals surface area contributed by atoms with Gasteiger partial charge in [-0.1, -0.05) is 17.7 Å². The molecule has 20 heavy (non-hydrogen) atoms. The molecule has 106 valence electrons. The van der Waals surface area contributed by atoms with Crippen molar-refractivity contribution in [3.8, 4) is 5.75 Å². The van der Waals surface area contributed by atoms with Crippen LogP contribution in [0.15, 0.2) is 35.7 Å². The molecule has 1 atom stereocenters. The lowest BCUT2D eigenvalue weighted by Gasteiger charge is -2.14. The number of hydrogen-bond acceptors (Lipinski definition) is 3. The maximum atomic E-state index is 12.0. The lowest BCUT2D eigenvalue weighted by Crippen LogP contribution is -2.35. The normalized spacial score (nSPS) is 11.9. The fourth-order valence-electron chi connectivity index (χ4n) is 1.69. The number of amides is 1. The van der Waals surface area contributed by atoms with Crippen molar-refractivity contribution in [2.24, 2.45) is 0 Å². The Morgan fingerprint density at radius 3 is 2.90 bits per heavy atom. The van der Waals surface area contributed by atoms with Gasteiger partial charge in [0.15, 0.2) is 6.10 Å². The van der Waals surface area contributed by atoms with Gasteiger partial charge in [-0.15, -0.1) is 11.3 Å². The predicted molar refractivity (Wildman–Crippen MR) is 82.4 cm³/mol. The van der Waals surface area contributed by atoms with Crippen LogP contribution < -0.4 is 10.1 Å². The van der Waals surface area contributed by atoms with Crippen molar-refractivity contribution < 1.29 is 9.53 Å². The fourth-order valence-corrected chi connectivity index (χ4v) is 2.72. The lowest BCUT2D eigenvalue weighted by molar-refractivity contribution is -0.127. The minimum Gasteiger partial charge on any atom is -0.481 e. The van der Waals surface area contributed by atoms with Crippen molar-refractivity contribution in [2.45, 2.75) is 26.5 Å². The predicted octanol–water partition coefficient (Wildman–Crippen LogP) is 3.79. The third-order valence-electron chi connectivity index (χ3n) is 2.87. The van der Waals surface area contributed by atoms with Crippen molar-refractivity contribution >= 4 is 28.8 Å². The first-order valence-corrected chi connectivity index (χ1v) is 7.55. The molecule has 0 saturated heterocycles. The number of carbonyl (C=O) groups excluding carboxylic acids is 1. The van der Waals surface area contributed by atoms with E-state index in [2.05, 4.69) is 5.32 Å². The molecular weight excluding hydrogens is 294 g/mol. The van der Waals surface area contributed by atoms with Gasteiger partial charge in [-0.2, -0.15) is 0 Å². The first-order valence-electron chi connectivity index (χ1n) is 6.29. The Kier molecular flexibility index (Phi) is 5.04. The fraction of sp³-hybridized carbons (Fsp3) is 0.267. The molecule has 0 aliphatic rings. The van der Waals surface area contributed by atoms with Gasteiger partial charge in [-0.25, -0.2) is 0 Å². The van der Waals surface area contributed by atoms with Crippen LogP contribution in [0.4, 0.5) is 0 Å². The number of rotatable bonds is 5. The summed E-state index contributed by atoms with van der Waals surface area (Å²) < 4.78 is 5.56. The van der Waals surface area contributed by atoms with Crippen LogP contribution in [0.5, 0.6) is 5.75 Å². The van der Waals surface area contributed by atoms with E-state index in [0.29, 0.717) is 17.3 Å². The minimum atomic E-state index is -0.561. The summed E-state index contributed by atoms with van der Waals surface area (Å²) in [6.07, 6.45) is -0.561.